The van der Waals surface area contributed by atoms with Gasteiger partial charge < -0.3 is 9.84 Å². The number of carbonyl (C=O) groups excluding carboxylic acids is 1. The van der Waals surface area contributed by atoms with E-state index in [1.807, 2.05) is 13.8 Å². The Labute approximate surface area is 149 Å². The number of fused-ring (bicyclic) bond motifs is 2. The SMILES string of the molecule is CCC(C)C(=O)OC.OC(CC1CC2CCC1C2)(C(F)(F)F)C(F)(F)F. The second kappa shape index (κ2) is 8.35. The van der Waals surface area contributed by atoms with Crippen molar-refractivity contribution in [3.05, 3.63) is 0 Å². The van der Waals surface area contributed by atoms with Crippen LogP contribution in [0.25, 0.3) is 0 Å². The molecule has 2 rings (SSSR count). The van der Waals surface area contributed by atoms with Gasteiger partial charge in [0.15, 0.2) is 0 Å². The summed E-state index contributed by atoms with van der Waals surface area (Å²) in [4.78, 5) is 10.5. The molecular weight excluding hydrogens is 366 g/mol. The van der Waals surface area contributed by atoms with Crippen molar-refractivity contribution in [2.75, 3.05) is 7.11 Å². The average molecular weight is 392 g/mol. The molecule has 0 aliphatic heterocycles. The summed E-state index contributed by atoms with van der Waals surface area (Å²) in [6.45, 7) is 3.81. The molecule has 154 valence electrons. The van der Waals surface area contributed by atoms with Crippen molar-refractivity contribution in [1.82, 2.24) is 0 Å². The molecule has 9 heteroatoms. The largest absolute Gasteiger partial charge is 0.469 e. The quantitative estimate of drug-likeness (QED) is 0.548. The standard InChI is InChI=1S/C11H14F6O.C6H12O2/c12-10(13,14)9(18,11(15,16)17)5-8-4-6-1-2-7(8)3-6;1-4-5(2)6(7)8-3/h6-8,18H,1-5H2;5H,4H2,1-3H3. The zero-order chi connectivity index (χ0) is 20.3. The van der Waals surface area contributed by atoms with Gasteiger partial charge in [-0.2, -0.15) is 26.3 Å². The van der Waals surface area contributed by atoms with Crippen LogP contribution in [0.1, 0.15) is 52.4 Å². The molecule has 2 aliphatic carbocycles. The number of alkyl halides is 6. The molecular formula is C17H26F6O3. The van der Waals surface area contributed by atoms with Crippen molar-refractivity contribution in [3.8, 4) is 0 Å². The van der Waals surface area contributed by atoms with Crippen LogP contribution >= 0.6 is 0 Å². The van der Waals surface area contributed by atoms with Crippen LogP contribution in [0.15, 0.2) is 0 Å². The van der Waals surface area contributed by atoms with E-state index in [2.05, 4.69) is 4.74 Å². The van der Waals surface area contributed by atoms with Crippen molar-refractivity contribution >= 4 is 5.97 Å². The number of carbonyl (C=O) groups is 1. The summed E-state index contributed by atoms with van der Waals surface area (Å²) >= 11 is 0. The van der Waals surface area contributed by atoms with Gasteiger partial charge in [-0.05, 0) is 49.9 Å². The molecule has 2 bridgehead atoms. The Bertz CT molecular complexity index is 460. The first-order chi connectivity index (χ1) is 11.8. The fourth-order valence-electron chi connectivity index (χ4n) is 3.77. The average Bonchev–Trinajstić information content (AvgIpc) is 3.14. The molecule has 0 heterocycles. The van der Waals surface area contributed by atoms with Crippen molar-refractivity contribution in [2.45, 2.75) is 70.3 Å². The molecule has 0 radical (unpaired) electrons. The molecule has 26 heavy (non-hydrogen) atoms. The van der Waals surface area contributed by atoms with Crippen LogP contribution < -0.4 is 0 Å². The normalized spacial score (nSPS) is 26.9. The minimum Gasteiger partial charge on any atom is -0.469 e. The highest BCUT2D eigenvalue weighted by atomic mass is 19.4. The fraction of sp³-hybridized carbons (Fsp3) is 0.941. The minimum atomic E-state index is -5.67. The Morgan fingerprint density at radius 1 is 1.12 bits per heavy atom. The van der Waals surface area contributed by atoms with Crippen LogP contribution in [0.4, 0.5) is 26.3 Å². The zero-order valence-electron chi connectivity index (χ0n) is 15.1. The number of ether oxygens (including phenoxy) is 1. The Kier molecular flexibility index (Phi) is 7.41. The van der Waals surface area contributed by atoms with Crippen LogP contribution in [0.3, 0.4) is 0 Å². The predicted octanol–water partition coefficient (Wildman–Crippen LogP) is 4.87. The van der Waals surface area contributed by atoms with E-state index in [4.69, 9.17) is 5.11 Å². The summed E-state index contributed by atoms with van der Waals surface area (Å²) in [5, 5.41) is 9.12. The monoisotopic (exact) mass is 392 g/mol. The number of hydrogen-bond acceptors (Lipinski definition) is 3. The molecule has 2 fully saturated rings. The van der Waals surface area contributed by atoms with E-state index in [9.17, 15) is 31.1 Å². The van der Waals surface area contributed by atoms with Gasteiger partial charge in [0.05, 0.1) is 13.0 Å². The van der Waals surface area contributed by atoms with Gasteiger partial charge in [0.25, 0.3) is 5.60 Å². The lowest BCUT2D eigenvalue weighted by atomic mass is 9.79. The molecule has 0 amide bonds. The van der Waals surface area contributed by atoms with E-state index in [-0.39, 0.29) is 23.7 Å². The molecule has 1 N–H and O–H groups in total. The van der Waals surface area contributed by atoms with Gasteiger partial charge in [-0.1, -0.05) is 20.3 Å². The van der Waals surface area contributed by atoms with Crippen LogP contribution in [0, 0.1) is 23.7 Å². The van der Waals surface area contributed by atoms with E-state index in [1.165, 1.54) is 7.11 Å². The van der Waals surface area contributed by atoms with Crippen molar-refractivity contribution < 1.29 is 41.0 Å². The molecule has 3 nitrogen and oxygen atoms in total. The molecule has 0 aromatic rings. The highest BCUT2D eigenvalue weighted by Gasteiger charge is 2.71. The summed E-state index contributed by atoms with van der Waals surface area (Å²) in [6, 6.07) is 0. The lowest BCUT2D eigenvalue weighted by Gasteiger charge is -2.36. The number of rotatable bonds is 4. The Morgan fingerprint density at radius 3 is 1.92 bits per heavy atom. The van der Waals surface area contributed by atoms with Crippen molar-refractivity contribution in [2.24, 2.45) is 23.7 Å². The number of aliphatic hydroxyl groups is 1. The minimum absolute atomic E-state index is 0.0556. The maximum Gasteiger partial charge on any atom is 0.426 e. The number of halogens is 6. The fourth-order valence-corrected chi connectivity index (χ4v) is 3.77. The highest BCUT2D eigenvalue weighted by Crippen LogP contribution is 2.55. The summed E-state index contributed by atoms with van der Waals surface area (Å²) in [5.74, 6) is -0.582. The van der Waals surface area contributed by atoms with Gasteiger partial charge in [0.2, 0.25) is 0 Å². The van der Waals surface area contributed by atoms with E-state index < -0.39 is 30.3 Å². The number of methoxy groups -OCH3 is 1. The summed E-state index contributed by atoms with van der Waals surface area (Å²) in [6.07, 6.45) is -9.09. The molecule has 4 unspecified atom stereocenters. The van der Waals surface area contributed by atoms with E-state index in [0.29, 0.717) is 19.3 Å². The molecule has 4 atom stereocenters. The first kappa shape index (κ1) is 23.0. The maximum atomic E-state index is 12.5. The predicted molar refractivity (Wildman–Crippen MR) is 82.1 cm³/mol. The summed E-state index contributed by atoms with van der Waals surface area (Å²) < 4.78 is 79.6. The smallest absolute Gasteiger partial charge is 0.426 e. The topological polar surface area (TPSA) is 46.5 Å². The van der Waals surface area contributed by atoms with Gasteiger partial charge in [-0.15, -0.1) is 0 Å². The first-order valence-corrected chi connectivity index (χ1v) is 8.70. The van der Waals surface area contributed by atoms with Crippen LogP contribution in [0.5, 0.6) is 0 Å². The zero-order valence-corrected chi connectivity index (χ0v) is 15.1. The Morgan fingerprint density at radius 2 is 1.65 bits per heavy atom. The second-order valence-corrected chi connectivity index (χ2v) is 7.33. The highest BCUT2D eigenvalue weighted by molar-refractivity contribution is 5.71. The Hall–Kier alpha value is -0.990. The van der Waals surface area contributed by atoms with Crippen molar-refractivity contribution in [1.29, 1.82) is 0 Å². The van der Waals surface area contributed by atoms with Crippen LogP contribution in [-0.4, -0.2) is 36.1 Å². The lowest BCUT2D eigenvalue weighted by molar-refractivity contribution is -0.373. The first-order valence-electron chi connectivity index (χ1n) is 8.70. The third-order valence-corrected chi connectivity index (χ3v) is 5.60. The van der Waals surface area contributed by atoms with Gasteiger partial charge in [-0.3, -0.25) is 4.79 Å². The third kappa shape index (κ3) is 5.04. The molecule has 0 spiro atoms. The van der Waals surface area contributed by atoms with Gasteiger partial charge in [-0.25, -0.2) is 0 Å². The van der Waals surface area contributed by atoms with Gasteiger partial charge in [0.1, 0.15) is 0 Å². The number of esters is 1. The van der Waals surface area contributed by atoms with E-state index >= 15 is 0 Å². The van der Waals surface area contributed by atoms with Crippen LogP contribution in [-0.2, 0) is 9.53 Å². The molecule has 0 saturated heterocycles. The molecule has 2 saturated carbocycles. The summed E-state index contributed by atoms with van der Waals surface area (Å²) in [7, 11) is 1.41. The van der Waals surface area contributed by atoms with E-state index in [1.54, 1.807) is 0 Å². The van der Waals surface area contributed by atoms with Gasteiger partial charge in [0, 0.05) is 0 Å². The molecule has 2 aliphatic rings. The molecule has 0 aromatic heterocycles. The van der Waals surface area contributed by atoms with Gasteiger partial charge >= 0.3 is 18.3 Å². The van der Waals surface area contributed by atoms with Crippen LogP contribution in [0.2, 0.25) is 0 Å². The van der Waals surface area contributed by atoms with Crippen molar-refractivity contribution in [3.63, 3.8) is 0 Å². The number of hydrogen-bond donors (Lipinski definition) is 1. The summed E-state index contributed by atoms with van der Waals surface area (Å²) in [5.41, 5.74) is -4.56. The van der Waals surface area contributed by atoms with E-state index in [0.717, 1.165) is 12.8 Å². The third-order valence-electron chi connectivity index (χ3n) is 5.60. The maximum absolute atomic E-state index is 12.5. The lowest BCUT2D eigenvalue weighted by Crippen LogP contribution is -2.58. The molecule has 0 aromatic carbocycles. The second-order valence-electron chi connectivity index (χ2n) is 7.33. The Balaban J connectivity index is 0.000000359.